The lowest BCUT2D eigenvalue weighted by Gasteiger charge is -2.07. The quantitative estimate of drug-likeness (QED) is 0.705. The molecule has 0 spiro atoms. The molecule has 0 bridgehead atoms. The lowest BCUT2D eigenvalue weighted by molar-refractivity contribution is 0.158. The van der Waals surface area contributed by atoms with Gasteiger partial charge in [0.1, 0.15) is 0 Å². The number of imidazole rings is 1. The summed E-state index contributed by atoms with van der Waals surface area (Å²) in [6, 6.07) is 0. The summed E-state index contributed by atoms with van der Waals surface area (Å²) in [4.78, 5) is 4.38. The Morgan fingerprint density at radius 3 is 2.93 bits per heavy atom. The molecule has 0 aromatic carbocycles. The molecule has 1 aromatic rings. The second-order valence-corrected chi connectivity index (χ2v) is 3.12. The minimum Gasteiger partial charge on any atom is -0.380 e. The van der Waals surface area contributed by atoms with Crippen LogP contribution in [0.5, 0.6) is 0 Å². The number of hydrogen-bond donors (Lipinski definition) is 1. The number of anilines is 1. The zero-order valence-electron chi connectivity index (χ0n) is 9.21. The van der Waals surface area contributed by atoms with Crippen LogP contribution in [-0.4, -0.2) is 29.3 Å². The molecule has 4 heteroatoms. The molecule has 0 radical (unpaired) electrons. The Morgan fingerprint density at radius 1 is 1.50 bits per heavy atom. The Labute approximate surface area is 85.3 Å². The van der Waals surface area contributed by atoms with Gasteiger partial charge in [0.25, 0.3) is 0 Å². The molecular formula is C10H19N3O. The van der Waals surface area contributed by atoms with Gasteiger partial charge >= 0.3 is 0 Å². The third-order valence-corrected chi connectivity index (χ3v) is 1.97. The molecule has 1 heterocycles. The highest BCUT2D eigenvalue weighted by Crippen LogP contribution is 2.07. The Kier molecular flexibility index (Phi) is 4.46. The van der Waals surface area contributed by atoms with Crippen molar-refractivity contribution in [2.75, 3.05) is 25.1 Å². The van der Waals surface area contributed by atoms with Crippen molar-refractivity contribution < 1.29 is 4.74 Å². The van der Waals surface area contributed by atoms with Gasteiger partial charge in [-0.05, 0) is 20.8 Å². The molecule has 0 aliphatic carbocycles. The van der Waals surface area contributed by atoms with E-state index in [4.69, 9.17) is 4.74 Å². The van der Waals surface area contributed by atoms with E-state index in [-0.39, 0.29) is 0 Å². The molecule has 0 amide bonds. The first kappa shape index (κ1) is 11.0. The molecule has 0 saturated carbocycles. The maximum Gasteiger partial charge on any atom is 0.203 e. The number of rotatable bonds is 6. The van der Waals surface area contributed by atoms with Crippen LogP contribution in [0.4, 0.5) is 5.95 Å². The molecule has 0 saturated heterocycles. The zero-order chi connectivity index (χ0) is 10.4. The molecule has 80 valence electrons. The summed E-state index contributed by atoms with van der Waals surface area (Å²) in [5, 5.41) is 3.25. The summed E-state index contributed by atoms with van der Waals surface area (Å²) in [5.74, 6) is 0.935. The van der Waals surface area contributed by atoms with Crippen LogP contribution < -0.4 is 5.32 Å². The molecule has 14 heavy (non-hydrogen) atoms. The summed E-state index contributed by atoms with van der Waals surface area (Å²) in [6.45, 7) is 9.35. The highest BCUT2D eigenvalue weighted by atomic mass is 16.5. The number of nitrogens with zero attached hydrogens (tertiary/aromatic N) is 2. The van der Waals surface area contributed by atoms with Gasteiger partial charge in [0.05, 0.1) is 12.3 Å². The fourth-order valence-electron chi connectivity index (χ4n) is 1.31. The van der Waals surface area contributed by atoms with Crippen molar-refractivity contribution in [2.45, 2.75) is 27.3 Å². The van der Waals surface area contributed by atoms with Crippen LogP contribution in [0.2, 0.25) is 0 Å². The summed E-state index contributed by atoms with van der Waals surface area (Å²) < 4.78 is 7.33. The third-order valence-electron chi connectivity index (χ3n) is 1.97. The Hall–Kier alpha value is -1.03. The Morgan fingerprint density at radius 2 is 2.29 bits per heavy atom. The minimum atomic E-state index is 0.728. The van der Waals surface area contributed by atoms with Gasteiger partial charge in [-0.1, -0.05) is 0 Å². The number of aromatic nitrogens is 2. The fourth-order valence-corrected chi connectivity index (χ4v) is 1.31. The smallest absolute Gasteiger partial charge is 0.203 e. The summed E-state index contributed by atoms with van der Waals surface area (Å²) in [7, 11) is 0. The lowest BCUT2D eigenvalue weighted by Crippen LogP contribution is -2.12. The van der Waals surface area contributed by atoms with E-state index in [1.807, 2.05) is 20.0 Å². The van der Waals surface area contributed by atoms with E-state index in [0.717, 1.165) is 37.9 Å². The molecule has 0 atom stereocenters. The molecule has 0 unspecified atom stereocenters. The van der Waals surface area contributed by atoms with Crippen molar-refractivity contribution in [1.82, 2.24) is 9.55 Å². The average Bonchev–Trinajstić information content (AvgIpc) is 2.54. The van der Waals surface area contributed by atoms with Crippen LogP contribution in [0.15, 0.2) is 6.20 Å². The number of nitrogens with one attached hydrogen (secondary N) is 1. The standard InChI is InChI=1S/C10H19N3O/c1-4-13-8-9(3)12-10(13)11-6-7-14-5-2/h8H,4-7H2,1-3H3,(H,11,12). The second kappa shape index (κ2) is 5.65. The molecule has 1 aromatic heterocycles. The first-order chi connectivity index (χ1) is 6.77. The fraction of sp³-hybridized carbons (Fsp3) is 0.700. The SMILES string of the molecule is CCOCCNc1nc(C)cn1CC. The van der Waals surface area contributed by atoms with Gasteiger partial charge in [0.2, 0.25) is 5.95 Å². The summed E-state index contributed by atoms with van der Waals surface area (Å²) >= 11 is 0. The first-order valence-corrected chi connectivity index (χ1v) is 5.13. The molecule has 0 aliphatic heterocycles. The van der Waals surface area contributed by atoms with Crippen molar-refractivity contribution >= 4 is 5.95 Å². The van der Waals surface area contributed by atoms with Crippen LogP contribution in [0.3, 0.4) is 0 Å². The van der Waals surface area contributed by atoms with E-state index in [0.29, 0.717) is 0 Å². The van der Waals surface area contributed by atoms with Crippen LogP contribution in [-0.2, 0) is 11.3 Å². The van der Waals surface area contributed by atoms with Crippen LogP contribution in [0.25, 0.3) is 0 Å². The van der Waals surface area contributed by atoms with Crippen LogP contribution in [0, 0.1) is 6.92 Å². The summed E-state index contributed by atoms with van der Waals surface area (Å²) in [5.41, 5.74) is 1.05. The van der Waals surface area contributed by atoms with Gasteiger partial charge in [-0.25, -0.2) is 4.98 Å². The molecule has 4 nitrogen and oxygen atoms in total. The van der Waals surface area contributed by atoms with Crippen molar-refractivity contribution in [2.24, 2.45) is 0 Å². The average molecular weight is 197 g/mol. The molecule has 1 N–H and O–H groups in total. The van der Waals surface area contributed by atoms with E-state index in [2.05, 4.69) is 21.8 Å². The van der Waals surface area contributed by atoms with Gasteiger partial charge in [0.15, 0.2) is 0 Å². The Bertz CT molecular complexity index is 270. The summed E-state index contributed by atoms with van der Waals surface area (Å²) in [6.07, 6.45) is 2.04. The van der Waals surface area contributed by atoms with Crippen LogP contribution in [0.1, 0.15) is 19.5 Å². The topological polar surface area (TPSA) is 39.1 Å². The van der Waals surface area contributed by atoms with E-state index in [1.165, 1.54) is 0 Å². The number of hydrogen-bond acceptors (Lipinski definition) is 3. The predicted octanol–water partition coefficient (Wildman–Crippen LogP) is 1.66. The minimum absolute atomic E-state index is 0.728. The van der Waals surface area contributed by atoms with Gasteiger partial charge in [-0.3, -0.25) is 0 Å². The van der Waals surface area contributed by atoms with E-state index in [1.54, 1.807) is 0 Å². The van der Waals surface area contributed by atoms with Crippen LogP contribution >= 0.6 is 0 Å². The van der Waals surface area contributed by atoms with Gasteiger partial charge in [-0.15, -0.1) is 0 Å². The van der Waals surface area contributed by atoms with Gasteiger partial charge < -0.3 is 14.6 Å². The monoisotopic (exact) mass is 197 g/mol. The zero-order valence-corrected chi connectivity index (χ0v) is 9.21. The largest absolute Gasteiger partial charge is 0.380 e. The predicted molar refractivity (Wildman–Crippen MR) is 57.6 cm³/mol. The molecule has 0 aliphatic rings. The van der Waals surface area contributed by atoms with Crippen molar-refractivity contribution in [3.05, 3.63) is 11.9 Å². The third kappa shape index (κ3) is 3.03. The van der Waals surface area contributed by atoms with Gasteiger partial charge in [-0.2, -0.15) is 0 Å². The lowest BCUT2D eigenvalue weighted by atomic mass is 10.6. The Balaban J connectivity index is 2.41. The van der Waals surface area contributed by atoms with Gasteiger partial charge in [0, 0.05) is 25.9 Å². The molecule has 0 fully saturated rings. The van der Waals surface area contributed by atoms with E-state index in [9.17, 15) is 0 Å². The molecular weight excluding hydrogens is 178 g/mol. The van der Waals surface area contributed by atoms with E-state index >= 15 is 0 Å². The number of aryl methyl sites for hydroxylation is 2. The number of ether oxygens (including phenoxy) is 1. The molecule has 1 rings (SSSR count). The van der Waals surface area contributed by atoms with Crippen molar-refractivity contribution in [3.8, 4) is 0 Å². The maximum absolute atomic E-state index is 5.24. The van der Waals surface area contributed by atoms with Crippen molar-refractivity contribution in [1.29, 1.82) is 0 Å². The highest BCUT2D eigenvalue weighted by molar-refractivity contribution is 5.28. The normalized spacial score (nSPS) is 10.5. The van der Waals surface area contributed by atoms with E-state index < -0.39 is 0 Å². The second-order valence-electron chi connectivity index (χ2n) is 3.12. The van der Waals surface area contributed by atoms with Crippen molar-refractivity contribution in [3.63, 3.8) is 0 Å². The highest BCUT2D eigenvalue weighted by Gasteiger charge is 2.01. The maximum atomic E-state index is 5.24. The first-order valence-electron chi connectivity index (χ1n) is 5.13.